The van der Waals surface area contributed by atoms with Gasteiger partial charge in [0.15, 0.2) is 0 Å². The number of benzene rings is 1. The fourth-order valence-corrected chi connectivity index (χ4v) is 3.32. The molecule has 1 N–H and O–H groups in total. The van der Waals surface area contributed by atoms with Crippen LogP contribution in [0, 0.1) is 0 Å². The fraction of sp³-hybridized carbons (Fsp3) is 0.588. The topological polar surface area (TPSA) is 32.3 Å². The zero-order chi connectivity index (χ0) is 15.1. The minimum Gasteiger partial charge on any atom is -0.351 e. The lowest BCUT2D eigenvalue weighted by Gasteiger charge is -2.40. The molecule has 0 heterocycles. The van der Waals surface area contributed by atoms with Gasteiger partial charge in [0.1, 0.15) is 5.88 Å². The summed E-state index contributed by atoms with van der Waals surface area (Å²) in [6.07, 6.45) is 4.63. The molecule has 21 heavy (non-hydrogen) atoms. The van der Waals surface area contributed by atoms with E-state index in [0.29, 0.717) is 6.04 Å². The Hall–Kier alpha value is -1.06. The molecule has 0 unspecified atom stereocenters. The summed E-state index contributed by atoms with van der Waals surface area (Å²) in [6, 6.07) is 11.2. The van der Waals surface area contributed by atoms with E-state index in [0.717, 1.165) is 25.9 Å². The quantitative estimate of drug-likeness (QED) is 0.819. The van der Waals surface area contributed by atoms with Crippen LogP contribution < -0.4 is 5.32 Å². The maximum absolute atomic E-state index is 11.6. The van der Waals surface area contributed by atoms with E-state index < -0.39 is 0 Å². The molecule has 0 aromatic heterocycles. The highest BCUT2D eigenvalue weighted by Gasteiger charge is 2.30. The number of carbonyl (C=O) groups is 1. The summed E-state index contributed by atoms with van der Waals surface area (Å²) in [4.78, 5) is 14.1. The van der Waals surface area contributed by atoms with Crippen LogP contribution in [0.5, 0.6) is 0 Å². The molecule has 1 aliphatic carbocycles. The smallest absolute Gasteiger partial charge is 0.235 e. The van der Waals surface area contributed by atoms with Crippen LogP contribution in [0.1, 0.15) is 38.2 Å². The summed E-state index contributed by atoms with van der Waals surface area (Å²) in [5.41, 5.74) is 1.33. The van der Waals surface area contributed by atoms with Gasteiger partial charge >= 0.3 is 0 Å². The van der Waals surface area contributed by atoms with E-state index >= 15 is 0 Å². The molecule has 0 radical (unpaired) electrons. The Balaban J connectivity index is 2.04. The number of halogens is 1. The van der Waals surface area contributed by atoms with E-state index in [-0.39, 0.29) is 17.8 Å². The van der Waals surface area contributed by atoms with Gasteiger partial charge in [0.05, 0.1) is 0 Å². The summed E-state index contributed by atoms with van der Waals surface area (Å²) in [5, 5.41) is 3.11. The lowest BCUT2D eigenvalue weighted by molar-refractivity contribution is -0.120. The Labute approximate surface area is 132 Å². The van der Waals surface area contributed by atoms with Crippen LogP contribution in [-0.2, 0) is 11.3 Å². The van der Waals surface area contributed by atoms with E-state index in [1.807, 2.05) is 6.07 Å². The van der Waals surface area contributed by atoms with Crippen molar-refractivity contribution in [1.82, 2.24) is 10.2 Å². The third-order valence-electron chi connectivity index (χ3n) is 4.30. The molecular formula is C17H25ClN2O. The lowest BCUT2D eigenvalue weighted by atomic mass is 9.88. The molecule has 2 atom stereocenters. The maximum Gasteiger partial charge on any atom is 0.235 e. The Bertz CT molecular complexity index is 438. The van der Waals surface area contributed by atoms with Crippen LogP contribution in [0.25, 0.3) is 0 Å². The van der Waals surface area contributed by atoms with Crippen LogP contribution in [0.15, 0.2) is 30.3 Å². The second-order valence-corrected chi connectivity index (χ2v) is 5.98. The van der Waals surface area contributed by atoms with Gasteiger partial charge in [-0.2, -0.15) is 0 Å². The van der Waals surface area contributed by atoms with Crippen molar-refractivity contribution in [2.45, 2.75) is 51.2 Å². The summed E-state index contributed by atoms with van der Waals surface area (Å²) in [6.45, 7) is 4.13. The van der Waals surface area contributed by atoms with Gasteiger partial charge in [-0.05, 0) is 24.9 Å². The normalized spacial score (nSPS) is 22.2. The number of likely N-dealkylation sites (N-methyl/N-ethyl adjacent to an activating group) is 1. The average molecular weight is 309 g/mol. The van der Waals surface area contributed by atoms with Gasteiger partial charge in [-0.25, -0.2) is 0 Å². The highest BCUT2D eigenvalue weighted by Crippen LogP contribution is 2.24. The Morgan fingerprint density at radius 2 is 2.00 bits per heavy atom. The standard InChI is InChI=1S/C17H25ClN2O/c1-2-20(13-14-8-4-3-5-9-14)16-11-7-6-10-15(16)19-17(21)12-18/h3-5,8-9,15-16H,2,6-7,10-13H2,1H3,(H,19,21)/t15-,16+/m0/s1. The summed E-state index contributed by atoms with van der Waals surface area (Å²) in [5.74, 6) is -0.00191. The minimum absolute atomic E-state index is 0.0496. The van der Waals surface area contributed by atoms with Gasteiger partial charge < -0.3 is 5.32 Å². The molecule has 0 spiro atoms. The van der Waals surface area contributed by atoms with Crippen LogP contribution in [0.3, 0.4) is 0 Å². The van der Waals surface area contributed by atoms with E-state index in [4.69, 9.17) is 11.6 Å². The molecule has 1 aromatic carbocycles. The van der Waals surface area contributed by atoms with Crippen molar-refractivity contribution in [1.29, 1.82) is 0 Å². The molecule has 3 nitrogen and oxygen atoms in total. The Kier molecular flexibility index (Phi) is 6.52. The first-order valence-corrected chi connectivity index (χ1v) is 8.41. The van der Waals surface area contributed by atoms with E-state index in [9.17, 15) is 4.79 Å². The average Bonchev–Trinajstić information content (AvgIpc) is 2.54. The van der Waals surface area contributed by atoms with Crippen molar-refractivity contribution < 1.29 is 4.79 Å². The molecule has 0 aliphatic heterocycles. The molecule has 2 rings (SSSR count). The van der Waals surface area contributed by atoms with Gasteiger partial charge in [-0.1, -0.05) is 50.1 Å². The van der Waals surface area contributed by atoms with Crippen LogP contribution in [-0.4, -0.2) is 35.3 Å². The Morgan fingerprint density at radius 3 is 2.67 bits per heavy atom. The second kappa shape index (κ2) is 8.40. The third kappa shape index (κ3) is 4.72. The molecule has 1 aliphatic rings. The molecule has 1 fully saturated rings. The molecule has 1 amide bonds. The fourth-order valence-electron chi connectivity index (χ4n) is 3.24. The van der Waals surface area contributed by atoms with Crippen LogP contribution >= 0.6 is 11.6 Å². The molecule has 1 aromatic rings. The van der Waals surface area contributed by atoms with Gasteiger partial charge in [0.25, 0.3) is 0 Å². The molecule has 4 heteroatoms. The van der Waals surface area contributed by atoms with Gasteiger partial charge in [0, 0.05) is 18.6 Å². The lowest BCUT2D eigenvalue weighted by Crippen LogP contribution is -2.53. The number of hydrogen-bond donors (Lipinski definition) is 1. The largest absolute Gasteiger partial charge is 0.351 e. The van der Waals surface area contributed by atoms with Gasteiger partial charge in [-0.3, -0.25) is 9.69 Å². The zero-order valence-electron chi connectivity index (χ0n) is 12.7. The highest BCUT2D eigenvalue weighted by molar-refractivity contribution is 6.27. The first-order chi connectivity index (χ1) is 10.2. The van der Waals surface area contributed by atoms with Crippen LogP contribution in [0.2, 0.25) is 0 Å². The van der Waals surface area contributed by atoms with Crippen molar-refractivity contribution in [3.05, 3.63) is 35.9 Å². The zero-order valence-corrected chi connectivity index (χ0v) is 13.5. The minimum atomic E-state index is -0.0515. The molecule has 1 saturated carbocycles. The van der Waals surface area contributed by atoms with Gasteiger partial charge in [0.2, 0.25) is 5.91 Å². The monoisotopic (exact) mass is 308 g/mol. The first-order valence-electron chi connectivity index (χ1n) is 7.88. The van der Waals surface area contributed by atoms with E-state index in [1.54, 1.807) is 0 Å². The molecule has 116 valence electrons. The predicted molar refractivity (Wildman–Crippen MR) is 87.4 cm³/mol. The van der Waals surface area contributed by atoms with Gasteiger partial charge in [-0.15, -0.1) is 11.6 Å². The van der Waals surface area contributed by atoms with E-state index in [2.05, 4.69) is 41.4 Å². The van der Waals surface area contributed by atoms with Crippen LogP contribution in [0.4, 0.5) is 0 Å². The summed E-state index contributed by atoms with van der Waals surface area (Å²) < 4.78 is 0. The van der Waals surface area contributed by atoms with Crippen molar-refractivity contribution >= 4 is 17.5 Å². The number of nitrogens with one attached hydrogen (secondary N) is 1. The van der Waals surface area contributed by atoms with E-state index in [1.165, 1.54) is 18.4 Å². The summed E-state index contributed by atoms with van der Waals surface area (Å²) >= 11 is 5.64. The first kappa shape index (κ1) is 16.3. The highest BCUT2D eigenvalue weighted by atomic mass is 35.5. The van der Waals surface area contributed by atoms with Crippen molar-refractivity contribution in [2.24, 2.45) is 0 Å². The maximum atomic E-state index is 11.6. The molecular weight excluding hydrogens is 284 g/mol. The van der Waals surface area contributed by atoms with Crippen molar-refractivity contribution in [3.63, 3.8) is 0 Å². The number of hydrogen-bond acceptors (Lipinski definition) is 2. The predicted octanol–water partition coefficient (Wildman–Crippen LogP) is 3.17. The molecule has 0 saturated heterocycles. The Morgan fingerprint density at radius 1 is 1.29 bits per heavy atom. The van der Waals surface area contributed by atoms with Crippen molar-refractivity contribution in [3.8, 4) is 0 Å². The third-order valence-corrected chi connectivity index (χ3v) is 4.54. The number of amides is 1. The number of rotatable bonds is 6. The number of alkyl halides is 1. The number of nitrogens with zero attached hydrogens (tertiary/aromatic N) is 1. The molecule has 0 bridgehead atoms. The summed E-state index contributed by atoms with van der Waals surface area (Å²) in [7, 11) is 0. The SMILES string of the molecule is CCN(Cc1ccccc1)[C@@H]1CCCC[C@@H]1NC(=O)CCl. The second-order valence-electron chi connectivity index (χ2n) is 5.71. The number of carbonyl (C=O) groups excluding carboxylic acids is 1. The van der Waals surface area contributed by atoms with Crippen molar-refractivity contribution in [2.75, 3.05) is 12.4 Å².